The molecule has 0 radical (unpaired) electrons. The molecule has 2 atom stereocenters. The third-order valence-electron chi connectivity index (χ3n) is 2.42. The van der Waals surface area contributed by atoms with Crippen molar-refractivity contribution in [2.45, 2.75) is 24.1 Å². The molecule has 1 saturated carbocycles. The lowest BCUT2D eigenvalue weighted by molar-refractivity contribution is 0.429. The number of halogens is 1. The molecule has 2 rings (SSSR count). The predicted molar refractivity (Wildman–Crippen MR) is 48.1 cm³/mol. The molecule has 11 heavy (non-hydrogen) atoms. The molecule has 0 nitrogen and oxygen atoms in total. The van der Waals surface area contributed by atoms with Crippen molar-refractivity contribution in [2.24, 2.45) is 0 Å². The standard InChI is InChI=1S/C10H11Cl/c11-10-7-6-9(10)8-4-2-1-3-5-8/h1-5,9-10H,6-7H2. The molecule has 0 amide bonds. The van der Waals surface area contributed by atoms with Gasteiger partial charge in [-0.25, -0.2) is 0 Å². The van der Waals surface area contributed by atoms with E-state index in [2.05, 4.69) is 24.3 Å². The zero-order valence-electron chi connectivity index (χ0n) is 6.33. The van der Waals surface area contributed by atoms with Crippen LogP contribution in [0.2, 0.25) is 0 Å². The summed E-state index contributed by atoms with van der Waals surface area (Å²) in [5.41, 5.74) is 1.40. The summed E-state index contributed by atoms with van der Waals surface area (Å²) >= 11 is 6.05. The van der Waals surface area contributed by atoms with Crippen LogP contribution in [0, 0.1) is 0 Å². The Morgan fingerprint density at radius 3 is 2.27 bits per heavy atom. The number of rotatable bonds is 1. The molecule has 1 fully saturated rings. The highest BCUT2D eigenvalue weighted by atomic mass is 35.5. The largest absolute Gasteiger partial charge is 0.122 e. The minimum atomic E-state index is 0.386. The number of benzene rings is 1. The zero-order valence-corrected chi connectivity index (χ0v) is 7.09. The van der Waals surface area contributed by atoms with Crippen LogP contribution < -0.4 is 0 Å². The van der Waals surface area contributed by atoms with E-state index < -0.39 is 0 Å². The summed E-state index contributed by atoms with van der Waals surface area (Å²) in [5, 5.41) is 0.386. The highest BCUT2D eigenvalue weighted by Gasteiger charge is 2.29. The first-order valence-electron chi connectivity index (χ1n) is 4.07. The smallest absolute Gasteiger partial charge is 0.0404 e. The van der Waals surface area contributed by atoms with E-state index in [9.17, 15) is 0 Å². The maximum atomic E-state index is 6.05. The molecule has 0 N–H and O–H groups in total. The van der Waals surface area contributed by atoms with Gasteiger partial charge in [0.05, 0.1) is 0 Å². The number of hydrogen-bond donors (Lipinski definition) is 0. The fourth-order valence-electron chi connectivity index (χ4n) is 1.54. The maximum Gasteiger partial charge on any atom is 0.0404 e. The summed E-state index contributed by atoms with van der Waals surface area (Å²) < 4.78 is 0. The van der Waals surface area contributed by atoms with Gasteiger partial charge in [0.15, 0.2) is 0 Å². The van der Waals surface area contributed by atoms with Crippen LogP contribution in [-0.4, -0.2) is 5.38 Å². The molecule has 58 valence electrons. The Bertz CT molecular complexity index is 230. The monoisotopic (exact) mass is 166 g/mol. The van der Waals surface area contributed by atoms with E-state index >= 15 is 0 Å². The van der Waals surface area contributed by atoms with E-state index in [1.54, 1.807) is 0 Å². The Morgan fingerprint density at radius 1 is 1.09 bits per heavy atom. The summed E-state index contributed by atoms with van der Waals surface area (Å²) in [5.74, 6) is 0.623. The predicted octanol–water partition coefficient (Wildman–Crippen LogP) is 3.17. The van der Waals surface area contributed by atoms with E-state index in [-0.39, 0.29) is 0 Å². The van der Waals surface area contributed by atoms with Crippen LogP contribution in [0.3, 0.4) is 0 Å². The summed E-state index contributed by atoms with van der Waals surface area (Å²) in [6.07, 6.45) is 2.44. The van der Waals surface area contributed by atoms with Crippen molar-refractivity contribution in [1.29, 1.82) is 0 Å². The number of hydrogen-bond acceptors (Lipinski definition) is 0. The number of alkyl halides is 1. The van der Waals surface area contributed by atoms with Crippen molar-refractivity contribution in [2.75, 3.05) is 0 Å². The second kappa shape index (κ2) is 2.86. The van der Waals surface area contributed by atoms with Crippen LogP contribution in [0.1, 0.15) is 24.3 Å². The van der Waals surface area contributed by atoms with Gasteiger partial charge in [0, 0.05) is 11.3 Å². The third kappa shape index (κ3) is 1.28. The average molecular weight is 167 g/mol. The van der Waals surface area contributed by atoms with Gasteiger partial charge in [-0.3, -0.25) is 0 Å². The van der Waals surface area contributed by atoms with Crippen LogP contribution in [-0.2, 0) is 0 Å². The van der Waals surface area contributed by atoms with Crippen LogP contribution in [0.25, 0.3) is 0 Å². The zero-order chi connectivity index (χ0) is 7.68. The van der Waals surface area contributed by atoms with Crippen molar-refractivity contribution >= 4 is 11.6 Å². The molecule has 1 heteroatoms. The van der Waals surface area contributed by atoms with Crippen molar-refractivity contribution in [1.82, 2.24) is 0 Å². The molecule has 0 aliphatic heterocycles. The van der Waals surface area contributed by atoms with Gasteiger partial charge in [-0.2, -0.15) is 0 Å². The molecule has 0 saturated heterocycles. The summed E-state index contributed by atoms with van der Waals surface area (Å²) in [4.78, 5) is 0. The quantitative estimate of drug-likeness (QED) is 0.563. The Hall–Kier alpha value is -0.490. The molecule has 0 spiro atoms. The second-order valence-electron chi connectivity index (χ2n) is 3.11. The lowest BCUT2D eigenvalue weighted by atomic mass is 9.79. The van der Waals surface area contributed by atoms with Gasteiger partial charge in [0.2, 0.25) is 0 Å². The third-order valence-corrected chi connectivity index (χ3v) is 2.94. The van der Waals surface area contributed by atoms with Crippen molar-refractivity contribution < 1.29 is 0 Å². The van der Waals surface area contributed by atoms with Gasteiger partial charge in [-0.1, -0.05) is 30.3 Å². The second-order valence-corrected chi connectivity index (χ2v) is 3.67. The maximum absolute atomic E-state index is 6.05. The fraction of sp³-hybridized carbons (Fsp3) is 0.400. The van der Waals surface area contributed by atoms with Gasteiger partial charge in [0.25, 0.3) is 0 Å². The van der Waals surface area contributed by atoms with Crippen LogP contribution in [0.5, 0.6) is 0 Å². The summed E-state index contributed by atoms with van der Waals surface area (Å²) in [6, 6.07) is 10.5. The van der Waals surface area contributed by atoms with Crippen molar-refractivity contribution in [3.05, 3.63) is 35.9 Å². The lowest BCUT2D eigenvalue weighted by Gasteiger charge is -2.32. The summed E-state index contributed by atoms with van der Waals surface area (Å²) in [7, 11) is 0. The normalized spacial score (nSPS) is 29.5. The lowest BCUT2D eigenvalue weighted by Crippen LogP contribution is -2.23. The van der Waals surface area contributed by atoms with Gasteiger partial charge < -0.3 is 0 Å². The molecular weight excluding hydrogens is 156 g/mol. The fourth-order valence-corrected chi connectivity index (χ4v) is 1.93. The first-order valence-corrected chi connectivity index (χ1v) is 4.50. The van der Waals surface area contributed by atoms with Crippen LogP contribution in [0.15, 0.2) is 30.3 Å². The SMILES string of the molecule is ClC1CCC1c1ccccc1. The molecule has 1 aliphatic carbocycles. The van der Waals surface area contributed by atoms with Crippen molar-refractivity contribution in [3.63, 3.8) is 0 Å². The minimum absolute atomic E-state index is 0.386. The molecule has 0 heterocycles. The highest BCUT2D eigenvalue weighted by Crippen LogP contribution is 2.40. The van der Waals surface area contributed by atoms with Crippen molar-refractivity contribution in [3.8, 4) is 0 Å². The van der Waals surface area contributed by atoms with Crippen LogP contribution >= 0.6 is 11.6 Å². The first kappa shape index (κ1) is 7.17. The van der Waals surface area contributed by atoms with Gasteiger partial charge in [0.1, 0.15) is 0 Å². The molecule has 1 aromatic carbocycles. The van der Waals surface area contributed by atoms with E-state index in [4.69, 9.17) is 11.6 Å². The average Bonchev–Trinajstić information content (AvgIpc) is 2.04. The Kier molecular flexibility index (Phi) is 1.87. The van der Waals surface area contributed by atoms with E-state index in [1.807, 2.05) is 6.07 Å². The van der Waals surface area contributed by atoms with Gasteiger partial charge >= 0.3 is 0 Å². The minimum Gasteiger partial charge on any atom is -0.122 e. The molecule has 1 aromatic rings. The molecule has 0 aromatic heterocycles. The molecule has 1 aliphatic rings. The van der Waals surface area contributed by atoms with E-state index in [1.165, 1.54) is 18.4 Å². The van der Waals surface area contributed by atoms with E-state index in [0.29, 0.717) is 11.3 Å². The van der Waals surface area contributed by atoms with Gasteiger partial charge in [-0.15, -0.1) is 11.6 Å². The summed E-state index contributed by atoms with van der Waals surface area (Å²) in [6.45, 7) is 0. The first-order chi connectivity index (χ1) is 5.38. The van der Waals surface area contributed by atoms with Crippen LogP contribution in [0.4, 0.5) is 0 Å². The Balaban J connectivity index is 2.17. The topological polar surface area (TPSA) is 0 Å². The molecule has 0 bridgehead atoms. The molecular formula is C10H11Cl. The van der Waals surface area contributed by atoms with E-state index in [0.717, 1.165) is 0 Å². The molecule has 2 unspecified atom stereocenters. The Morgan fingerprint density at radius 2 is 1.82 bits per heavy atom. The van der Waals surface area contributed by atoms with Gasteiger partial charge in [-0.05, 0) is 18.4 Å². The highest BCUT2D eigenvalue weighted by molar-refractivity contribution is 6.21. The Labute approximate surface area is 72.2 Å².